The molecule has 0 aliphatic heterocycles. The smallest absolute Gasteiger partial charge is 0.248 e. The first-order valence-electron chi connectivity index (χ1n) is 8.40. The van der Waals surface area contributed by atoms with E-state index >= 15 is 0 Å². The fraction of sp³-hybridized carbons (Fsp3) is 0.250. The number of hydrogen-bond donors (Lipinski definition) is 4. The van der Waals surface area contributed by atoms with Gasteiger partial charge in [-0.15, -0.1) is 12.4 Å². The van der Waals surface area contributed by atoms with Crippen molar-refractivity contribution in [3.8, 4) is 11.5 Å². The minimum atomic E-state index is -0.787. The van der Waals surface area contributed by atoms with Crippen molar-refractivity contribution in [2.24, 2.45) is 0 Å². The third kappa shape index (κ3) is 4.60. The first kappa shape index (κ1) is 20.8. The van der Waals surface area contributed by atoms with Crippen LogP contribution in [0.2, 0.25) is 0 Å². The van der Waals surface area contributed by atoms with E-state index in [-0.39, 0.29) is 29.8 Å². The summed E-state index contributed by atoms with van der Waals surface area (Å²) in [4.78, 5) is 14.1. The molecule has 0 amide bonds. The van der Waals surface area contributed by atoms with Crippen LogP contribution in [0.4, 0.5) is 0 Å². The van der Waals surface area contributed by atoms with Crippen molar-refractivity contribution in [1.82, 2.24) is 10.3 Å². The van der Waals surface area contributed by atoms with Crippen molar-refractivity contribution in [2.45, 2.75) is 19.1 Å². The van der Waals surface area contributed by atoms with E-state index in [4.69, 9.17) is 4.74 Å². The maximum absolute atomic E-state index is 11.5. The number of ether oxygens (including phenoxy) is 1. The molecule has 3 rings (SSSR count). The van der Waals surface area contributed by atoms with Gasteiger partial charge in [-0.05, 0) is 42.3 Å². The number of aliphatic hydroxyl groups is 1. The number of halogens is 1. The van der Waals surface area contributed by atoms with Gasteiger partial charge in [-0.25, -0.2) is 0 Å². The second kappa shape index (κ2) is 8.90. The molecule has 2 aromatic carbocycles. The fourth-order valence-corrected chi connectivity index (χ4v) is 2.96. The minimum Gasteiger partial charge on any atom is -0.506 e. The van der Waals surface area contributed by atoms with Gasteiger partial charge in [0.2, 0.25) is 5.56 Å². The van der Waals surface area contributed by atoms with Gasteiger partial charge >= 0.3 is 0 Å². The number of H-pyrrole nitrogens is 1. The van der Waals surface area contributed by atoms with Crippen LogP contribution >= 0.6 is 12.4 Å². The van der Waals surface area contributed by atoms with Crippen LogP contribution in [0.25, 0.3) is 10.9 Å². The number of phenolic OH excluding ortho intramolecular Hbond substituents is 1. The molecule has 144 valence electrons. The molecule has 0 aliphatic carbocycles. The van der Waals surface area contributed by atoms with E-state index in [1.165, 1.54) is 12.1 Å². The standard InChI is InChI=1S/C20H22N2O4.ClH/c1-12(13-3-5-14(26-2)6-4-13)21-11-18(24)15-7-9-17(23)20-16(15)8-10-19(25)22-20;/h3-10,12,18,21,23-24H,11H2,1-2H3,(H,22,25);1H. The van der Waals surface area contributed by atoms with Crippen LogP contribution in [-0.4, -0.2) is 28.9 Å². The predicted molar refractivity (Wildman–Crippen MR) is 108 cm³/mol. The number of nitrogens with one attached hydrogen (secondary N) is 2. The van der Waals surface area contributed by atoms with Crippen molar-refractivity contribution >= 4 is 23.3 Å². The van der Waals surface area contributed by atoms with E-state index in [0.717, 1.165) is 11.3 Å². The number of aromatic nitrogens is 1. The zero-order chi connectivity index (χ0) is 18.7. The number of hydrogen-bond acceptors (Lipinski definition) is 5. The summed E-state index contributed by atoms with van der Waals surface area (Å²) in [7, 11) is 1.63. The van der Waals surface area contributed by atoms with E-state index in [1.807, 2.05) is 31.2 Å². The number of pyridine rings is 1. The van der Waals surface area contributed by atoms with Crippen molar-refractivity contribution in [3.05, 3.63) is 70.0 Å². The van der Waals surface area contributed by atoms with Crippen LogP contribution in [0.1, 0.15) is 30.2 Å². The Hall–Kier alpha value is -2.54. The van der Waals surface area contributed by atoms with Crippen LogP contribution in [0.15, 0.2) is 53.3 Å². The van der Waals surface area contributed by atoms with Crippen LogP contribution in [0.5, 0.6) is 11.5 Å². The van der Waals surface area contributed by atoms with Crippen molar-refractivity contribution in [2.75, 3.05) is 13.7 Å². The summed E-state index contributed by atoms with van der Waals surface area (Å²) in [6.45, 7) is 2.34. The largest absolute Gasteiger partial charge is 0.506 e. The lowest BCUT2D eigenvalue weighted by Crippen LogP contribution is -2.25. The van der Waals surface area contributed by atoms with Crippen molar-refractivity contribution in [1.29, 1.82) is 0 Å². The third-order valence-electron chi connectivity index (χ3n) is 4.50. The fourth-order valence-electron chi connectivity index (χ4n) is 2.96. The summed E-state index contributed by atoms with van der Waals surface area (Å²) in [6, 6.07) is 13.9. The molecule has 0 saturated carbocycles. The van der Waals surface area contributed by atoms with Crippen LogP contribution in [0.3, 0.4) is 0 Å². The molecule has 4 N–H and O–H groups in total. The second-order valence-electron chi connectivity index (χ2n) is 6.20. The average Bonchev–Trinajstić information content (AvgIpc) is 2.66. The number of aliphatic hydroxyl groups excluding tert-OH is 1. The summed E-state index contributed by atoms with van der Waals surface area (Å²) < 4.78 is 5.16. The molecule has 6 nitrogen and oxygen atoms in total. The van der Waals surface area contributed by atoms with E-state index in [1.54, 1.807) is 19.2 Å². The third-order valence-corrected chi connectivity index (χ3v) is 4.50. The van der Waals surface area contributed by atoms with Crippen molar-refractivity contribution in [3.63, 3.8) is 0 Å². The number of benzene rings is 2. The van der Waals surface area contributed by atoms with Gasteiger partial charge in [0.15, 0.2) is 0 Å². The second-order valence-corrected chi connectivity index (χ2v) is 6.20. The lowest BCUT2D eigenvalue weighted by Gasteiger charge is -2.19. The summed E-state index contributed by atoms with van der Waals surface area (Å²) in [5, 5.41) is 24.5. The lowest BCUT2D eigenvalue weighted by atomic mass is 10.0. The Balaban J connectivity index is 0.00000261. The molecular weight excluding hydrogens is 368 g/mol. The Morgan fingerprint density at radius 2 is 1.81 bits per heavy atom. The highest BCUT2D eigenvalue weighted by molar-refractivity contribution is 5.87. The number of methoxy groups -OCH3 is 1. The molecular formula is C20H23ClN2O4. The SMILES string of the molecule is COc1ccc(C(C)NCC(O)c2ccc(O)c3[nH]c(=O)ccc23)cc1.Cl. The van der Waals surface area contributed by atoms with Gasteiger partial charge in [-0.1, -0.05) is 18.2 Å². The topological polar surface area (TPSA) is 94.6 Å². The molecule has 0 bridgehead atoms. The summed E-state index contributed by atoms with van der Waals surface area (Å²) in [5.74, 6) is 0.777. The minimum absolute atomic E-state index is 0. The Morgan fingerprint density at radius 3 is 2.48 bits per heavy atom. The Kier molecular flexibility index (Phi) is 6.85. The van der Waals surface area contributed by atoms with E-state index in [9.17, 15) is 15.0 Å². The van der Waals surface area contributed by atoms with E-state index in [2.05, 4.69) is 10.3 Å². The highest BCUT2D eigenvalue weighted by atomic mass is 35.5. The number of aromatic amines is 1. The molecule has 0 spiro atoms. The van der Waals surface area contributed by atoms with Gasteiger partial charge in [0.05, 0.1) is 18.7 Å². The van der Waals surface area contributed by atoms with Gasteiger partial charge in [0, 0.05) is 24.0 Å². The van der Waals surface area contributed by atoms with Gasteiger partial charge in [-0.3, -0.25) is 4.79 Å². The maximum atomic E-state index is 11.5. The molecule has 0 saturated heterocycles. The summed E-state index contributed by atoms with van der Waals surface area (Å²) in [5.41, 5.74) is 1.75. The highest BCUT2D eigenvalue weighted by Gasteiger charge is 2.15. The number of aromatic hydroxyl groups is 1. The molecule has 1 aromatic heterocycles. The van der Waals surface area contributed by atoms with Gasteiger partial charge in [0.25, 0.3) is 0 Å². The number of phenols is 1. The number of rotatable bonds is 6. The monoisotopic (exact) mass is 390 g/mol. The molecule has 2 unspecified atom stereocenters. The van der Waals surface area contributed by atoms with Crippen LogP contribution in [-0.2, 0) is 0 Å². The highest BCUT2D eigenvalue weighted by Crippen LogP contribution is 2.29. The molecule has 27 heavy (non-hydrogen) atoms. The Morgan fingerprint density at radius 1 is 1.11 bits per heavy atom. The first-order chi connectivity index (χ1) is 12.5. The zero-order valence-electron chi connectivity index (χ0n) is 15.1. The summed E-state index contributed by atoms with van der Waals surface area (Å²) >= 11 is 0. The molecule has 3 aromatic rings. The van der Waals surface area contributed by atoms with Crippen LogP contribution < -0.4 is 15.6 Å². The van der Waals surface area contributed by atoms with Crippen LogP contribution in [0, 0.1) is 0 Å². The maximum Gasteiger partial charge on any atom is 0.248 e. The quantitative estimate of drug-likeness (QED) is 0.519. The summed E-state index contributed by atoms with van der Waals surface area (Å²) in [6.07, 6.45) is -0.787. The molecule has 0 fully saturated rings. The first-order valence-corrected chi connectivity index (χ1v) is 8.40. The molecule has 0 aliphatic rings. The van der Waals surface area contributed by atoms with E-state index < -0.39 is 6.10 Å². The van der Waals surface area contributed by atoms with Gasteiger partial charge < -0.3 is 25.3 Å². The molecule has 0 radical (unpaired) electrons. The van der Waals surface area contributed by atoms with E-state index in [0.29, 0.717) is 23.0 Å². The van der Waals surface area contributed by atoms with Gasteiger partial charge in [0.1, 0.15) is 11.5 Å². The Labute approximate surface area is 163 Å². The molecule has 7 heteroatoms. The van der Waals surface area contributed by atoms with Gasteiger partial charge in [-0.2, -0.15) is 0 Å². The normalized spacial score (nSPS) is 13.0. The number of fused-ring (bicyclic) bond motifs is 1. The Bertz CT molecular complexity index is 956. The predicted octanol–water partition coefficient (Wildman–Crippen LogP) is 3.05. The van der Waals surface area contributed by atoms with Crippen molar-refractivity contribution < 1.29 is 14.9 Å². The molecule has 2 atom stereocenters. The average molecular weight is 391 g/mol. The molecule has 1 heterocycles. The lowest BCUT2D eigenvalue weighted by molar-refractivity contribution is 0.172. The zero-order valence-corrected chi connectivity index (χ0v) is 15.9.